The van der Waals surface area contributed by atoms with Crippen molar-refractivity contribution in [3.8, 4) is 5.75 Å². The number of anilines is 2. The van der Waals surface area contributed by atoms with E-state index < -0.39 is 0 Å². The lowest BCUT2D eigenvalue weighted by Crippen LogP contribution is -2.15. The number of amides is 2. The highest BCUT2D eigenvalue weighted by molar-refractivity contribution is 5.94. The largest absolute Gasteiger partial charge is 0.493 e. The van der Waals surface area contributed by atoms with E-state index in [0.29, 0.717) is 17.8 Å². The average molecular weight is 324 g/mol. The summed E-state index contributed by atoms with van der Waals surface area (Å²) in [6.07, 6.45) is 2.31. The van der Waals surface area contributed by atoms with Gasteiger partial charge >= 0.3 is 0 Å². The van der Waals surface area contributed by atoms with Crippen LogP contribution in [0.15, 0.2) is 42.5 Å². The molecule has 2 amide bonds. The van der Waals surface area contributed by atoms with Crippen molar-refractivity contribution in [1.29, 1.82) is 0 Å². The molecule has 5 heteroatoms. The third kappa shape index (κ3) is 4.13. The Morgan fingerprint density at radius 2 is 1.88 bits per heavy atom. The number of benzene rings is 2. The summed E-state index contributed by atoms with van der Waals surface area (Å²) in [6, 6.07) is 13.0. The van der Waals surface area contributed by atoms with Gasteiger partial charge < -0.3 is 15.4 Å². The fourth-order valence-electron chi connectivity index (χ4n) is 2.79. The molecular formula is C19H20N2O3. The molecule has 1 aliphatic heterocycles. The maximum atomic E-state index is 12.3. The minimum atomic E-state index is -0.144. The molecule has 0 radical (unpaired) electrons. The highest BCUT2D eigenvalue weighted by Crippen LogP contribution is 2.26. The second-order valence-corrected chi connectivity index (χ2v) is 5.88. The van der Waals surface area contributed by atoms with E-state index in [9.17, 15) is 9.59 Å². The van der Waals surface area contributed by atoms with Gasteiger partial charge in [-0.05, 0) is 48.2 Å². The van der Waals surface area contributed by atoms with Gasteiger partial charge in [-0.3, -0.25) is 9.59 Å². The molecule has 3 rings (SSSR count). The van der Waals surface area contributed by atoms with E-state index in [1.807, 2.05) is 18.2 Å². The lowest BCUT2D eigenvalue weighted by Gasteiger charge is -2.17. The van der Waals surface area contributed by atoms with Crippen LogP contribution in [0.3, 0.4) is 0 Å². The zero-order valence-electron chi connectivity index (χ0n) is 13.6. The molecule has 24 heavy (non-hydrogen) atoms. The number of carbonyl (C=O) groups excluding carboxylic acids is 2. The summed E-state index contributed by atoms with van der Waals surface area (Å²) in [5.41, 5.74) is 3.45. The van der Waals surface area contributed by atoms with Crippen molar-refractivity contribution < 1.29 is 14.3 Å². The second kappa shape index (κ2) is 7.17. The van der Waals surface area contributed by atoms with Gasteiger partial charge in [0, 0.05) is 18.3 Å². The number of carbonyl (C=O) groups is 2. The maximum Gasteiger partial charge on any atom is 0.228 e. The van der Waals surface area contributed by atoms with Crippen LogP contribution in [0.25, 0.3) is 0 Å². The first kappa shape index (κ1) is 16.1. The quantitative estimate of drug-likeness (QED) is 0.908. The van der Waals surface area contributed by atoms with Crippen molar-refractivity contribution in [3.05, 3.63) is 53.6 Å². The van der Waals surface area contributed by atoms with E-state index in [1.165, 1.54) is 12.5 Å². The smallest absolute Gasteiger partial charge is 0.228 e. The number of nitrogens with one attached hydrogen (secondary N) is 2. The molecule has 5 nitrogen and oxygen atoms in total. The summed E-state index contributed by atoms with van der Waals surface area (Å²) >= 11 is 0. The van der Waals surface area contributed by atoms with E-state index in [2.05, 4.69) is 10.6 Å². The van der Waals surface area contributed by atoms with Gasteiger partial charge in [-0.2, -0.15) is 0 Å². The number of aryl methyl sites for hydroxylation is 1. The topological polar surface area (TPSA) is 67.4 Å². The number of hydrogen-bond acceptors (Lipinski definition) is 3. The Labute approximate surface area is 141 Å². The molecule has 0 bridgehead atoms. The summed E-state index contributed by atoms with van der Waals surface area (Å²) in [5, 5.41) is 5.56. The van der Waals surface area contributed by atoms with Crippen LogP contribution in [0.4, 0.5) is 11.4 Å². The van der Waals surface area contributed by atoms with Crippen molar-refractivity contribution in [2.24, 2.45) is 0 Å². The summed E-state index contributed by atoms with van der Waals surface area (Å²) < 4.78 is 5.59. The first-order chi connectivity index (χ1) is 11.6. The van der Waals surface area contributed by atoms with Crippen LogP contribution < -0.4 is 15.4 Å². The van der Waals surface area contributed by atoms with Gasteiger partial charge in [0.05, 0.1) is 13.0 Å². The normalized spacial score (nSPS) is 12.7. The summed E-state index contributed by atoms with van der Waals surface area (Å²) in [5.74, 6) is 0.690. The van der Waals surface area contributed by atoms with Gasteiger partial charge in [-0.15, -0.1) is 0 Å². The van der Waals surface area contributed by atoms with Gasteiger partial charge in [0.1, 0.15) is 5.75 Å². The minimum Gasteiger partial charge on any atom is -0.493 e. The zero-order chi connectivity index (χ0) is 16.9. The van der Waals surface area contributed by atoms with Crippen molar-refractivity contribution in [2.75, 3.05) is 17.2 Å². The molecule has 1 aliphatic rings. The number of rotatable bonds is 4. The van der Waals surface area contributed by atoms with Gasteiger partial charge in [0.2, 0.25) is 11.8 Å². The van der Waals surface area contributed by atoms with Crippen molar-refractivity contribution in [3.63, 3.8) is 0 Å². The van der Waals surface area contributed by atoms with Crippen LogP contribution in [0.1, 0.15) is 24.5 Å². The molecule has 2 aromatic rings. The molecule has 0 saturated heterocycles. The molecular weight excluding hydrogens is 304 g/mol. The van der Waals surface area contributed by atoms with E-state index in [1.54, 1.807) is 24.3 Å². The second-order valence-electron chi connectivity index (χ2n) is 5.88. The Kier molecular flexibility index (Phi) is 4.79. The average Bonchev–Trinajstić information content (AvgIpc) is 2.54. The third-order valence-electron chi connectivity index (χ3n) is 3.80. The van der Waals surface area contributed by atoms with Crippen LogP contribution in [-0.2, 0) is 22.4 Å². The molecule has 0 aliphatic carbocycles. The van der Waals surface area contributed by atoms with Crippen LogP contribution in [0, 0.1) is 0 Å². The zero-order valence-corrected chi connectivity index (χ0v) is 13.6. The molecule has 0 unspecified atom stereocenters. The molecule has 0 spiro atoms. The standard InChI is InChI=1S/C19H20N2O3/c1-13(22)20-16-5-2-6-17(12-16)21-19(23)11-14-7-8-18-15(10-14)4-3-9-24-18/h2,5-8,10,12H,3-4,9,11H2,1H3,(H,20,22)(H,21,23). The van der Waals surface area contributed by atoms with Crippen LogP contribution in [0.2, 0.25) is 0 Å². The van der Waals surface area contributed by atoms with Crippen molar-refractivity contribution in [2.45, 2.75) is 26.2 Å². The Morgan fingerprint density at radius 1 is 1.08 bits per heavy atom. The summed E-state index contributed by atoms with van der Waals surface area (Å²) in [6.45, 7) is 2.21. The number of ether oxygens (including phenoxy) is 1. The highest BCUT2D eigenvalue weighted by atomic mass is 16.5. The molecule has 0 atom stereocenters. The first-order valence-electron chi connectivity index (χ1n) is 8.02. The summed E-state index contributed by atoms with van der Waals surface area (Å²) in [7, 11) is 0. The number of fused-ring (bicyclic) bond motifs is 1. The van der Waals surface area contributed by atoms with Crippen LogP contribution >= 0.6 is 0 Å². The monoisotopic (exact) mass is 324 g/mol. The van der Waals surface area contributed by atoms with Crippen LogP contribution in [-0.4, -0.2) is 18.4 Å². The Morgan fingerprint density at radius 3 is 2.67 bits per heavy atom. The minimum absolute atomic E-state index is 0.0911. The fourth-order valence-corrected chi connectivity index (χ4v) is 2.79. The molecule has 2 aromatic carbocycles. The van der Waals surface area contributed by atoms with Gasteiger partial charge in [-0.1, -0.05) is 18.2 Å². The van der Waals surface area contributed by atoms with Crippen LogP contribution in [0.5, 0.6) is 5.75 Å². The highest BCUT2D eigenvalue weighted by Gasteiger charge is 2.12. The fraction of sp³-hybridized carbons (Fsp3) is 0.263. The van der Waals surface area contributed by atoms with Gasteiger partial charge in [0.25, 0.3) is 0 Å². The van der Waals surface area contributed by atoms with E-state index in [0.717, 1.165) is 30.8 Å². The summed E-state index contributed by atoms with van der Waals surface area (Å²) in [4.78, 5) is 23.4. The van der Waals surface area contributed by atoms with Crippen molar-refractivity contribution >= 4 is 23.2 Å². The third-order valence-corrected chi connectivity index (χ3v) is 3.80. The van der Waals surface area contributed by atoms with Gasteiger partial charge in [0.15, 0.2) is 0 Å². The lowest BCUT2D eigenvalue weighted by molar-refractivity contribution is -0.115. The molecule has 0 aromatic heterocycles. The maximum absolute atomic E-state index is 12.3. The van der Waals surface area contributed by atoms with Gasteiger partial charge in [-0.25, -0.2) is 0 Å². The molecule has 0 fully saturated rings. The Balaban J connectivity index is 1.64. The lowest BCUT2D eigenvalue weighted by atomic mass is 10.0. The molecule has 0 saturated carbocycles. The van der Waals surface area contributed by atoms with Crippen molar-refractivity contribution in [1.82, 2.24) is 0 Å². The predicted molar refractivity (Wildman–Crippen MR) is 93.3 cm³/mol. The van der Waals surface area contributed by atoms with E-state index in [4.69, 9.17) is 4.74 Å². The van der Waals surface area contributed by atoms with E-state index >= 15 is 0 Å². The molecule has 2 N–H and O–H groups in total. The Hall–Kier alpha value is -2.82. The number of hydrogen-bond donors (Lipinski definition) is 2. The predicted octanol–water partition coefficient (Wildman–Crippen LogP) is 3.15. The van der Waals surface area contributed by atoms with E-state index in [-0.39, 0.29) is 11.8 Å². The molecule has 1 heterocycles. The SMILES string of the molecule is CC(=O)Nc1cccc(NC(=O)Cc2ccc3c(c2)CCCO3)c1. The first-order valence-corrected chi connectivity index (χ1v) is 8.02. The molecule has 124 valence electrons. The Bertz CT molecular complexity index is 771.